The van der Waals surface area contributed by atoms with Crippen LogP contribution in [0.1, 0.15) is 33.5 Å². The number of hydrogen-bond acceptors (Lipinski definition) is 6. The summed E-state index contributed by atoms with van der Waals surface area (Å²) in [4.78, 5) is 32.7. The normalized spacial score (nSPS) is 10.8. The van der Waals surface area contributed by atoms with Crippen molar-refractivity contribution in [2.75, 3.05) is 17.7 Å². The molecule has 0 aliphatic rings. The van der Waals surface area contributed by atoms with Crippen molar-refractivity contribution in [2.24, 2.45) is 0 Å². The Morgan fingerprint density at radius 3 is 2.67 bits per heavy atom. The number of aromatic nitrogens is 2. The highest BCUT2D eigenvalue weighted by Gasteiger charge is 2.19. The number of carbonyl (C=O) groups excluding carboxylic acids is 1. The van der Waals surface area contributed by atoms with Crippen LogP contribution in [0.3, 0.4) is 0 Å². The van der Waals surface area contributed by atoms with E-state index in [4.69, 9.17) is 0 Å². The van der Waals surface area contributed by atoms with Gasteiger partial charge in [-0.05, 0) is 36.6 Å². The zero-order chi connectivity index (χ0) is 19.6. The minimum atomic E-state index is -0.950. The number of nitrogens with zero attached hydrogens (tertiary/aromatic N) is 2. The third-order valence-corrected chi connectivity index (χ3v) is 5.33. The lowest BCUT2D eigenvalue weighted by Crippen LogP contribution is -2.06. The quantitative estimate of drug-likeness (QED) is 0.601. The van der Waals surface area contributed by atoms with Crippen LogP contribution in [0.2, 0.25) is 0 Å². The fourth-order valence-electron chi connectivity index (χ4n) is 2.94. The maximum atomic E-state index is 11.4. The van der Waals surface area contributed by atoms with E-state index in [9.17, 15) is 14.7 Å². The fourth-order valence-corrected chi connectivity index (χ4v) is 3.98. The average Bonchev–Trinajstić information content (AvgIpc) is 2.96. The number of aromatic carboxylic acids is 1. The van der Waals surface area contributed by atoms with Crippen LogP contribution >= 0.6 is 11.3 Å². The molecule has 0 unspecified atom stereocenters. The second-order valence-electron chi connectivity index (χ2n) is 6.16. The van der Waals surface area contributed by atoms with Crippen LogP contribution in [0.25, 0.3) is 10.2 Å². The molecule has 2 aromatic heterocycles. The lowest BCUT2D eigenvalue weighted by Gasteiger charge is -2.08. The van der Waals surface area contributed by atoms with Crippen LogP contribution in [0.15, 0.2) is 24.3 Å². The SMILES string of the molecule is CNc1nc(CCc2cccc(NC(C)=O)c2)nc2sc(C(=O)O)c(C)c12. The summed E-state index contributed by atoms with van der Waals surface area (Å²) in [5.74, 6) is 0.231. The summed E-state index contributed by atoms with van der Waals surface area (Å²) in [6.45, 7) is 3.25. The summed E-state index contributed by atoms with van der Waals surface area (Å²) in [7, 11) is 1.76. The number of thiophene rings is 1. The Hall–Kier alpha value is -3.00. The Labute approximate surface area is 160 Å². The number of hydrogen-bond donors (Lipinski definition) is 3. The standard InChI is InChI=1S/C19H20N4O3S/c1-10-15-17(20-3)22-14(23-18(15)27-16(10)19(25)26)8-7-12-5-4-6-13(9-12)21-11(2)24/h4-6,9H,7-8H2,1-3H3,(H,21,24)(H,25,26)(H,20,22,23). The van der Waals surface area contributed by atoms with E-state index in [0.29, 0.717) is 34.9 Å². The molecule has 140 valence electrons. The maximum absolute atomic E-state index is 11.4. The van der Waals surface area contributed by atoms with Crippen molar-refractivity contribution in [3.63, 3.8) is 0 Å². The summed E-state index contributed by atoms with van der Waals surface area (Å²) in [6.07, 6.45) is 1.31. The van der Waals surface area contributed by atoms with Crippen molar-refractivity contribution in [1.82, 2.24) is 9.97 Å². The summed E-state index contributed by atoms with van der Waals surface area (Å²) < 4.78 is 0. The van der Waals surface area contributed by atoms with E-state index in [0.717, 1.165) is 16.6 Å². The first-order valence-electron chi connectivity index (χ1n) is 8.46. The molecule has 0 bridgehead atoms. The van der Waals surface area contributed by atoms with Gasteiger partial charge in [0.1, 0.15) is 21.3 Å². The first-order chi connectivity index (χ1) is 12.9. The molecule has 7 nitrogen and oxygen atoms in total. The zero-order valence-corrected chi connectivity index (χ0v) is 16.1. The van der Waals surface area contributed by atoms with Crippen LogP contribution in [0, 0.1) is 6.92 Å². The molecule has 3 aromatic rings. The van der Waals surface area contributed by atoms with Crippen LogP contribution in [-0.2, 0) is 17.6 Å². The largest absolute Gasteiger partial charge is 0.477 e. The van der Waals surface area contributed by atoms with Crippen LogP contribution in [0.4, 0.5) is 11.5 Å². The number of carboxylic acid groups (broad SMARTS) is 1. The number of carboxylic acids is 1. The molecule has 0 atom stereocenters. The molecular weight excluding hydrogens is 364 g/mol. The van der Waals surface area contributed by atoms with Crippen molar-refractivity contribution >= 4 is 44.9 Å². The van der Waals surface area contributed by atoms with E-state index < -0.39 is 5.97 Å². The molecule has 0 spiro atoms. The minimum Gasteiger partial charge on any atom is -0.477 e. The molecule has 0 saturated carbocycles. The Morgan fingerprint density at radius 2 is 2.00 bits per heavy atom. The van der Waals surface area contributed by atoms with Gasteiger partial charge in [-0.1, -0.05) is 12.1 Å². The van der Waals surface area contributed by atoms with Gasteiger partial charge in [0.05, 0.1) is 5.39 Å². The van der Waals surface area contributed by atoms with E-state index in [-0.39, 0.29) is 10.8 Å². The van der Waals surface area contributed by atoms with Crippen molar-refractivity contribution < 1.29 is 14.7 Å². The van der Waals surface area contributed by atoms with Gasteiger partial charge in [0, 0.05) is 26.1 Å². The molecule has 0 aliphatic carbocycles. The highest BCUT2D eigenvalue weighted by atomic mass is 32.1. The van der Waals surface area contributed by atoms with Crippen LogP contribution in [-0.4, -0.2) is 34.0 Å². The topological polar surface area (TPSA) is 104 Å². The fraction of sp³-hybridized carbons (Fsp3) is 0.263. The smallest absolute Gasteiger partial charge is 0.346 e. The molecule has 8 heteroatoms. The van der Waals surface area contributed by atoms with Gasteiger partial charge in [-0.3, -0.25) is 4.79 Å². The van der Waals surface area contributed by atoms with E-state index in [1.54, 1.807) is 14.0 Å². The predicted molar refractivity (Wildman–Crippen MR) is 107 cm³/mol. The molecule has 0 fully saturated rings. The molecule has 0 radical (unpaired) electrons. The number of fused-ring (bicyclic) bond motifs is 1. The molecule has 0 saturated heterocycles. The molecule has 2 heterocycles. The van der Waals surface area contributed by atoms with Gasteiger partial charge in [0.25, 0.3) is 0 Å². The molecule has 3 N–H and O–H groups in total. The first-order valence-corrected chi connectivity index (χ1v) is 9.28. The van der Waals surface area contributed by atoms with Gasteiger partial charge in [0.15, 0.2) is 0 Å². The number of carbonyl (C=O) groups is 2. The average molecular weight is 384 g/mol. The van der Waals surface area contributed by atoms with Gasteiger partial charge >= 0.3 is 5.97 Å². The molecule has 1 aromatic carbocycles. The number of amides is 1. The van der Waals surface area contributed by atoms with E-state index >= 15 is 0 Å². The van der Waals surface area contributed by atoms with Crippen molar-refractivity contribution in [3.8, 4) is 0 Å². The minimum absolute atomic E-state index is 0.109. The number of rotatable bonds is 6. The Kier molecular flexibility index (Phi) is 5.36. The summed E-state index contributed by atoms with van der Waals surface area (Å²) in [5.41, 5.74) is 2.50. The Morgan fingerprint density at radius 1 is 1.22 bits per heavy atom. The third kappa shape index (κ3) is 4.06. The lowest BCUT2D eigenvalue weighted by atomic mass is 10.1. The predicted octanol–water partition coefficient (Wildman–Crippen LogP) is 3.48. The monoisotopic (exact) mass is 384 g/mol. The molecular formula is C19H20N4O3S. The summed E-state index contributed by atoms with van der Waals surface area (Å²) in [5, 5.41) is 15.9. The van der Waals surface area contributed by atoms with E-state index in [1.807, 2.05) is 24.3 Å². The van der Waals surface area contributed by atoms with Gasteiger partial charge in [-0.2, -0.15) is 0 Å². The Balaban J connectivity index is 1.87. The molecule has 3 rings (SSSR count). The second-order valence-corrected chi connectivity index (χ2v) is 7.16. The van der Waals surface area contributed by atoms with Gasteiger partial charge < -0.3 is 15.7 Å². The summed E-state index contributed by atoms with van der Waals surface area (Å²) in [6, 6.07) is 7.65. The van der Waals surface area contributed by atoms with Crippen LogP contribution < -0.4 is 10.6 Å². The maximum Gasteiger partial charge on any atom is 0.346 e. The molecule has 0 aliphatic heterocycles. The van der Waals surface area contributed by atoms with Crippen molar-refractivity contribution in [2.45, 2.75) is 26.7 Å². The van der Waals surface area contributed by atoms with E-state index in [1.165, 1.54) is 18.3 Å². The van der Waals surface area contributed by atoms with Gasteiger partial charge in [0.2, 0.25) is 5.91 Å². The number of anilines is 2. The number of aryl methyl sites for hydroxylation is 3. The second kappa shape index (κ2) is 7.71. The van der Waals surface area contributed by atoms with Crippen LogP contribution in [0.5, 0.6) is 0 Å². The van der Waals surface area contributed by atoms with Gasteiger partial charge in [-0.15, -0.1) is 11.3 Å². The third-order valence-electron chi connectivity index (χ3n) is 4.15. The molecule has 27 heavy (non-hydrogen) atoms. The number of benzene rings is 1. The first kappa shape index (κ1) is 18.8. The van der Waals surface area contributed by atoms with Crippen molar-refractivity contribution in [3.05, 3.63) is 46.1 Å². The Bertz CT molecular complexity index is 1030. The van der Waals surface area contributed by atoms with Gasteiger partial charge in [-0.25, -0.2) is 14.8 Å². The number of nitrogens with one attached hydrogen (secondary N) is 2. The van der Waals surface area contributed by atoms with E-state index in [2.05, 4.69) is 20.6 Å². The highest BCUT2D eigenvalue weighted by Crippen LogP contribution is 2.33. The summed E-state index contributed by atoms with van der Waals surface area (Å²) >= 11 is 1.17. The zero-order valence-electron chi connectivity index (χ0n) is 15.3. The lowest BCUT2D eigenvalue weighted by molar-refractivity contribution is -0.114. The molecule has 1 amide bonds. The highest BCUT2D eigenvalue weighted by molar-refractivity contribution is 7.20. The van der Waals surface area contributed by atoms with Crippen molar-refractivity contribution in [1.29, 1.82) is 0 Å².